The monoisotopic (exact) mass is 299 g/mol. The smallest absolute Gasteiger partial charge is 0.363 e. The standard InChI is InChI=1S/C16H13NO3S/c1-2-19-12-6-3-5-11(9-12)10-13-16(18)20-15(17-13)14-7-4-8-21-14/h3-10H,2H2,1H3/b13-10+. The van der Waals surface area contributed by atoms with Gasteiger partial charge in [-0.15, -0.1) is 11.3 Å². The van der Waals surface area contributed by atoms with Crippen LogP contribution in [0.5, 0.6) is 5.75 Å². The second kappa shape index (κ2) is 5.93. The van der Waals surface area contributed by atoms with E-state index in [1.54, 1.807) is 6.08 Å². The summed E-state index contributed by atoms with van der Waals surface area (Å²) < 4.78 is 10.6. The first kappa shape index (κ1) is 13.6. The van der Waals surface area contributed by atoms with E-state index in [2.05, 4.69) is 4.99 Å². The number of rotatable bonds is 4. The molecule has 0 fully saturated rings. The zero-order chi connectivity index (χ0) is 14.7. The highest BCUT2D eigenvalue weighted by Gasteiger charge is 2.24. The molecule has 0 spiro atoms. The highest BCUT2D eigenvalue weighted by molar-refractivity contribution is 7.12. The minimum Gasteiger partial charge on any atom is -0.494 e. The van der Waals surface area contributed by atoms with Gasteiger partial charge in [0.25, 0.3) is 0 Å². The van der Waals surface area contributed by atoms with Crippen LogP contribution in [0, 0.1) is 0 Å². The molecule has 0 bridgehead atoms. The van der Waals surface area contributed by atoms with Crippen molar-refractivity contribution in [3.8, 4) is 5.75 Å². The van der Waals surface area contributed by atoms with Gasteiger partial charge in [-0.2, -0.15) is 0 Å². The van der Waals surface area contributed by atoms with Crippen LogP contribution in [0.3, 0.4) is 0 Å². The van der Waals surface area contributed by atoms with E-state index in [-0.39, 0.29) is 0 Å². The molecule has 1 aromatic heterocycles. The first-order chi connectivity index (χ1) is 10.3. The number of nitrogens with zero attached hydrogens (tertiary/aromatic N) is 1. The van der Waals surface area contributed by atoms with E-state index in [9.17, 15) is 4.79 Å². The number of aliphatic imine (C=N–C) groups is 1. The van der Waals surface area contributed by atoms with Crippen LogP contribution >= 0.6 is 11.3 Å². The van der Waals surface area contributed by atoms with E-state index in [0.717, 1.165) is 16.2 Å². The lowest BCUT2D eigenvalue weighted by Gasteiger charge is -2.03. The van der Waals surface area contributed by atoms with Crippen LogP contribution in [0.1, 0.15) is 17.4 Å². The molecule has 1 aliphatic heterocycles. The van der Waals surface area contributed by atoms with Crippen LogP contribution < -0.4 is 4.74 Å². The summed E-state index contributed by atoms with van der Waals surface area (Å²) >= 11 is 1.48. The van der Waals surface area contributed by atoms with Crippen LogP contribution in [0.4, 0.5) is 0 Å². The third kappa shape index (κ3) is 3.03. The second-order valence-electron chi connectivity index (χ2n) is 4.32. The van der Waals surface area contributed by atoms with Gasteiger partial charge >= 0.3 is 5.97 Å². The minimum atomic E-state index is -0.430. The number of benzene rings is 1. The van der Waals surface area contributed by atoms with Crippen LogP contribution in [0.15, 0.2) is 52.5 Å². The number of thiophene rings is 1. The summed E-state index contributed by atoms with van der Waals surface area (Å²) in [5.74, 6) is 0.697. The van der Waals surface area contributed by atoms with E-state index >= 15 is 0 Å². The van der Waals surface area contributed by atoms with Gasteiger partial charge in [-0.3, -0.25) is 0 Å². The highest BCUT2D eigenvalue weighted by Crippen LogP contribution is 2.22. The molecule has 0 unspecified atom stereocenters. The van der Waals surface area contributed by atoms with E-state index in [4.69, 9.17) is 9.47 Å². The molecule has 2 aromatic rings. The zero-order valence-electron chi connectivity index (χ0n) is 11.4. The van der Waals surface area contributed by atoms with E-state index in [0.29, 0.717) is 18.2 Å². The normalized spacial score (nSPS) is 16.0. The average molecular weight is 299 g/mol. The molecule has 1 aliphatic rings. The number of hydrogen-bond acceptors (Lipinski definition) is 5. The van der Waals surface area contributed by atoms with Crippen molar-refractivity contribution in [3.63, 3.8) is 0 Å². The van der Waals surface area contributed by atoms with E-state index < -0.39 is 5.97 Å². The maximum absolute atomic E-state index is 11.9. The molecule has 0 saturated carbocycles. The number of hydrogen-bond donors (Lipinski definition) is 0. The van der Waals surface area contributed by atoms with Gasteiger partial charge in [-0.25, -0.2) is 9.79 Å². The Bertz CT molecular complexity index is 717. The van der Waals surface area contributed by atoms with Crippen molar-refractivity contribution in [1.82, 2.24) is 0 Å². The molecule has 5 heteroatoms. The Morgan fingerprint density at radius 1 is 1.33 bits per heavy atom. The average Bonchev–Trinajstić information content (AvgIpc) is 3.10. The van der Waals surface area contributed by atoms with Gasteiger partial charge in [0.15, 0.2) is 5.70 Å². The maximum Gasteiger partial charge on any atom is 0.363 e. The number of esters is 1. The first-order valence-electron chi connectivity index (χ1n) is 6.55. The Labute approximate surface area is 126 Å². The summed E-state index contributed by atoms with van der Waals surface area (Å²) in [4.78, 5) is 17.0. The van der Waals surface area contributed by atoms with Crippen molar-refractivity contribution < 1.29 is 14.3 Å². The lowest BCUT2D eigenvalue weighted by Crippen LogP contribution is -2.03. The van der Waals surface area contributed by atoms with Gasteiger partial charge in [0, 0.05) is 0 Å². The summed E-state index contributed by atoms with van der Waals surface area (Å²) in [6.07, 6.45) is 1.70. The third-order valence-corrected chi connectivity index (χ3v) is 3.68. The fourth-order valence-corrected chi connectivity index (χ4v) is 2.58. The molecule has 1 aromatic carbocycles. The quantitative estimate of drug-likeness (QED) is 0.641. The van der Waals surface area contributed by atoms with Crippen LogP contribution in [-0.2, 0) is 9.53 Å². The number of carbonyl (C=O) groups excluding carboxylic acids is 1. The molecule has 21 heavy (non-hydrogen) atoms. The van der Waals surface area contributed by atoms with Crippen LogP contribution in [-0.4, -0.2) is 18.5 Å². The fraction of sp³-hybridized carbons (Fsp3) is 0.125. The molecule has 3 rings (SSSR count). The molecule has 0 amide bonds. The first-order valence-corrected chi connectivity index (χ1v) is 7.43. The van der Waals surface area contributed by atoms with Crippen molar-refractivity contribution in [2.75, 3.05) is 6.61 Å². The Kier molecular flexibility index (Phi) is 3.83. The molecule has 0 radical (unpaired) electrons. The number of ether oxygens (including phenoxy) is 2. The SMILES string of the molecule is CCOc1cccc(/C=C2/N=C(c3cccs3)OC2=O)c1. The Morgan fingerprint density at radius 2 is 2.24 bits per heavy atom. The van der Waals surface area contributed by atoms with Gasteiger partial charge in [0.1, 0.15) is 5.75 Å². The molecule has 0 saturated heterocycles. The maximum atomic E-state index is 11.9. The third-order valence-electron chi connectivity index (χ3n) is 2.82. The van der Waals surface area contributed by atoms with Crippen molar-refractivity contribution in [1.29, 1.82) is 0 Å². The Hall–Kier alpha value is -2.40. The topological polar surface area (TPSA) is 47.9 Å². The minimum absolute atomic E-state index is 0.298. The predicted octanol–water partition coefficient (Wildman–Crippen LogP) is 3.49. The molecule has 2 heterocycles. The number of cyclic esters (lactones) is 1. The largest absolute Gasteiger partial charge is 0.494 e. The van der Waals surface area contributed by atoms with E-state index in [1.165, 1.54) is 11.3 Å². The summed E-state index contributed by atoms with van der Waals surface area (Å²) in [6.45, 7) is 2.53. The Balaban J connectivity index is 1.89. The van der Waals surface area contributed by atoms with Gasteiger partial charge in [-0.05, 0) is 42.1 Å². The van der Waals surface area contributed by atoms with Gasteiger partial charge in [0.05, 0.1) is 11.5 Å². The van der Waals surface area contributed by atoms with Crippen molar-refractivity contribution in [3.05, 3.63) is 57.9 Å². The lowest BCUT2D eigenvalue weighted by atomic mass is 10.2. The van der Waals surface area contributed by atoms with Crippen molar-refractivity contribution in [2.45, 2.75) is 6.92 Å². The summed E-state index contributed by atoms with van der Waals surface area (Å²) in [5.41, 5.74) is 1.15. The molecule has 0 N–H and O–H groups in total. The van der Waals surface area contributed by atoms with Gasteiger partial charge in [-0.1, -0.05) is 18.2 Å². The van der Waals surface area contributed by atoms with Crippen LogP contribution in [0.2, 0.25) is 0 Å². The van der Waals surface area contributed by atoms with Gasteiger partial charge < -0.3 is 9.47 Å². The number of carbonyl (C=O) groups is 1. The highest BCUT2D eigenvalue weighted by atomic mass is 32.1. The van der Waals surface area contributed by atoms with Crippen LogP contribution in [0.25, 0.3) is 6.08 Å². The van der Waals surface area contributed by atoms with E-state index in [1.807, 2.05) is 48.7 Å². The lowest BCUT2D eigenvalue weighted by molar-refractivity contribution is -0.129. The molecule has 4 nitrogen and oxygen atoms in total. The molecule has 106 valence electrons. The van der Waals surface area contributed by atoms with Crippen molar-refractivity contribution >= 4 is 29.3 Å². The molecule has 0 aliphatic carbocycles. The van der Waals surface area contributed by atoms with Crippen molar-refractivity contribution in [2.24, 2.45) is 4.99 Å². The predicted molar refractivity (Wildman–Crippen MR) is 82.5 cm³/mol. The zero-order valence-corrected chi connectivity index (χ0v) is 12.2. The summed E-state index contributed by atoms with van der Waals surface area (Å²) in [6, 6.07) is 11.3. The fourth-order valence-electron chi connectivity index (χ4n) is 1.93. The van der Waals surface area contributed by atoms with Gasteiger partial charge in [0.2, 0.25) is 5.90 Å². The Morgan fingerprint density at radius 3 is 3.00 bits per heavy atom. The summed E-state index contributed by atoms with van der Waals surface area (Å²) in [5, 5.41) is 1.92. The molecular formula is C16H13NO3S. The molecular weight excluding hydrogens is 286 g/mol. The second-order valence-corrected chi connectivity index (χ2v) is 5.27. The molecule has 0 atom stereocenters. The summed E-state index contributed by atoms with van der Waals surface area (Å²) in [7, 11) is 0.